The predicted octanol–water partition coefficient (Wildman–Crippen LogP) is 6.44. The second-order valence-electron chi connectivity index (χ2n) is 9.90. The van der Waals surface area contributed by atoms with Gasteiger partial charge in [-0.05, 0) is 53.9 Å². The smallest absolute Gasteiger partial charge is 0.262 e. The van der Waals surface area contributed by atoms with E-state index in [0.29, 0.717) is 59.8 Å². The normalized spacial score (nSPS) is 21.9. The lowest BCUT2D eigenvalue weighted by molar-refractivity contribution is -0.0877. The average Bonchev–Trinajstić information content (AvgIpc) is 3.62. The van der Waals surface area contributed by atoms with Crippen LogP contribution in [0.3, 0.4) is 0 Å². The van der Waals surface area contributed by atoms with E-state index >= 15 is 0 Å². The first-order chi connectivity index (χ1) is 18.0. The van der Waals surface area contributed by atoms with Gasteiger partial charge in [0.1, 0.15) is 5.60 Å². The van der Waals surface area contributed by atoms with E-state index in [1.165, 1.54) is 4.57 Å². The van der Waals surface area contributed by atoms with Crippen molar-refractivity contribution >= 4 is 27.4 Å². The molecule has 4 heterocycles. The van der Waals surface area contributed by atoms with E-state index in [2.05, 4.69) is 10.0 Å². The van der Waals surface area contributed by atoms with E-state index in [0.717, 1.165) is 16.2 Å². The molecule has 0 amide bonds. The first-order valence-corrected chi connectivity index (χ1v) is 12.2. The zero-order chi connectivity index (χ0) is 25.4. The first kappa shape index (κ1) is 21.8. The molecule has 8 heteroatoms. The number of hydrogen-bond acceptors (Lipinski definition) is 6. The van der Waals surface area contributed by atoms with Gasteiger partial charge in [-0.25, -0.2) is 4.85 Å². The Morgan fingerprint density at radius 3 is 2.51 bits per heavy atom. The van der Waals surface area contributed by atoms with Crippen molar-refractivity contribution in [1.29, 1.82) is 0 Å². The Hall–Kier alpha value is -4.48. The number of aromatic hydroxyl groups is 2. The number of benzene rings is 3. The fraction of sp³-hybridized carbons (Fsp3) is 0.241. The minimum Gasteiger partial charge on any atom is -0.494 e. The number of fused-ring (bicyclic) bond motifs is 7. The van der Waals surface area contributed by atoms with Crippen molar-refractivity contribution in [3.8, 4) is 23.3 Å². The quantitative estimate of drug-likeness (QED) is 0.274. The minimum absolute atomic E-state index is 0.0410. The topological polar surface area (TPSA) is 94.2 Å². The van der Waals surface area contributed by atoms with Crippen LogP contribution >= 0.6 is 0 Å². The highest BCUT2D eigenvalue weighted by molar-refractivity contribution is 6.00. The molecule has 5 aromatic rings. The molecule has 8 nitrogen and oxygen atoms in total. The molecule has 3 aromatic carbocycles. The Bertz CT molecular complexity index is 1760. The van der Waals surface area contributed by atoms with E-state index in [-0.39, 0.29) is 11.8 Å². The fourth-order valence-electron chi connectivity index (χ4n) is 6.17. The van der Waals surface area contributed by atoms with E-state index in [1.807, 2.05) is 55.5 Å². The van der Waals surface area contributed by atoms with Crippen LogP contribution in [0.25, 0.3) is 32.3 Å². The number of nitrogens with zero attached hydrogens (tertiary/aromatic N) is 3. The third-order valence-corrected chi connectivity index (χ3v) is 7.86. The molecule has 0 radical (unpaired) electrons. The second kappa shape index (κ2) is 7.51. The Kier molecular flexibility index (Phi) is 4.42. The molecule has 184 valence electrons. The SMILES string of the molecule is [C-]#[N+]c1ccc(-n2c(O)c3c(c2O)C2(CCOc4noc5ccccc45)CCC3(C)O2)c2ccccc12. The fourth-order valence-corrected chi connectivity index (χ4v) is 6.17. The summed E-state index contributed by atoms with van der Waals surface area (Å²) in [6.07, 6.45) is 1.86. The Balaban J connectivity index is 1.29. The molecule has 2 aliphatic heterocycles. The van der Waals surface area contributed by atoms with E-state index < -0.39 is 11.2 Å². The number of hydrogen-bond donors (Lipinski definition) is 2. The number of para-hydroxylation sites is 1. The molecule has 2 aromatic heterocycles. The maximum Gasteiger partial charge on any atom is 0.262 e. The van der Waals surface area contributed by atoms with Crippen molar-refractivity contribution in [3.63, 3.8) is 0 Å². The predicted molar refractivity (Wildman–Crippen MR) is 136 cm³/mol. The van der Waals surface area contributed by atoms with Crippen molar-refractivity contribution in [3.05, 3.63) is 83.2 Å². The summed E-state index contributed by atoms with van der Waals surface area (Å²) in [4.78, 5) is 3.63. The Morgan fingerprint density at radius 2 is 1.70 bits per heavy atom. The minimum atomic E-state index is -0.803. The lowest BCUT2D eigenvalue weighted by Crippen LogP contribution is -2.25. The maximum absolute atomic E-state index is 11.6. The van der Waals surface area contributed by atoms with Crippen molar-refractivity contribution in [2.75, 3.05) is 6.61 Å². The summed E-state index contributed by atoms with van der Waals surface area (Å²) in [5.74, 6) is 0.325. The third kappa shape index (κ3) is 2.89. The van der Waals surface area contributed by atoms with Gasteiger partial charge in [0.15, 0.2) is 11.3 Å². The van der Waals surface area contributed by atoms with Gasteiger partial charge in [-0.1, -0.05) is 42.5 Å². The summed E-state index contributed by atoms with van der Waals surface area (Å²) in [5, 5.41) is 29.4. The van der Waals surface area contributed by atoms with Crippen molar-refractivity contribution in [2.24, 2.45) is 0 Å². The molecule has 2 bridgehead atoms. The van der Waals surface area contributed by atoms with Crippen LogP contribution in [0.15, 0.2) is 65.2 Å². The van der Waals surface area contributed by atoms with Gasteiger partial charge >= 0.3 is 0 Å². The molecule has 7 rings (SSSR count). The molecule has 2 unspecified atom stereocenters. The first-order valence-electron chi connectivity index (χ1n) is 12.2. The maximum atomic E-state index is 11.6. The van der Waals surface area contributed by atoms with Crippen LogP contribution in [0.1, 0.15) is 37.3 Å². The number of rotatable bonds is 5. The van der Waals surface area contributed by atoms with Gasteiger partial charge in [0.2, 0.25) is 11.8 Å². The van der Waals surface area contributed by atoms with Gasteiger partial charge in [0, 0.05) is 6.42 Å². The molecular weight excluding hydrogens is 470 g/mol. The molecule has 0 spiro atoms. The number of ether oxygens (including phenoxy) is 2. The van der Waals surface area contributed by atoms with Crippen molar-refractivity contribution < 1.29 is 24.2 Å². The van der Waals surface area contributed by atoms with E-state index in [9.17, 15) is 10.2 Å². The van der Waals surface area contributed by atoms with Crippen LogP contribution in [0.4, 0.5) is 5.69 Å². The second-order valence-corrected chi connectivity index (χ2v) is 9.90. The molecule has 2 atom stereocenters. The molecule has 2 aliphatic rings. The highest BCUT2D eigenvalue weighted by Crippen LogP contribution is 2.65. The van der Waals surface area contributed by atoms with Crippen molar-refractivity contribution in [1.82, 2.24) is 9.72 Å². The molecule has 2 N–H and O–H groups in total. The molecular formula is C29H23N3O5. The standard InChI is InChI=1S/C29H23N3O5/c1-28-13-14-29(37-28,15-16-35-25-19-9-5-6-10-22(19)36-31-25)24-23(28)26(33)32(27(24)34)21-12-11-20(30-2)17-7-3-4-8-18(17)21/h3-12,33-34H,13-16H2,1H3. The summed E-state index contributed by atoms with van der Waals surface area (Å²) < 4.78 is 19.4. The van der Waals surface area contributed by atoms with Gasteiger partial charge in [-0.15, -0.1) is 0 Å². The highest BCUT2D eigenvalue weighted by atomic mass is 16.6. The molecule has 0 aliphatic carbocycles. The van der Waals surface area contributed by atoms with Gasteiger partial charge < -0.3 is 24.2 Å². The zero-order valence-electron chi connectivity index (χ0n) is 20.1. The van der Waals surface area contributed by atoms with Crippen LogP contribution in [0, 0.1) is 6.57 Å². The van der Waals surface area contributed by atoms with Crippen LogP contribution in [-0.2, 0) is 15.9 Å². The molecule has 1 fully saturated rings. The monoisotopic (exact) mass is 493 g/mol. The van der Waals surface area contributed by atoms with Crippen molar-refractivity contribution in [2.45, 2.75) is 37.4 Å². The van der Waals surface area contributed by atoms with Gasteiger partial charge in [-0.2, -0.15) is 0 Å². The van der Waals surface area contributed by atoms with Gasteiger partial charge in [0.05, 0.1) is 41.0 Å². The molecule has 1 saturated heterocycles. The summed E-state index contributed by atoms with van der Waals surface area (Å²) in [5.41, 5.74) is 1.46. The van der Waals surface area contributed by atoms with Crippen LogP contribution in [0.5, 0.6) is 17.6 Å². The molecule has 0 saturated carbocycles. The van der Waals surface area contributed by atoms with Crippen LogP contribution in [-0.4, -0.2) is 26.5 Å². The van der Waals surface area contributed by atoms with Gasteiger partial charge in [0.25, 0.3) is 5.88 Å². The summed E-state index contributed by atoms with van der Waals surface area (Å²) >= 11 is 0. The van der Waals surface area contributed by atoms with E-state index in [4.69, 9.17) is 20.6 Å². The number of aromatic nitrogens is 2. The van der Waals surface area contributed by atoms with Crippen LogP contribution < -0.4 is 4.74 Å². The third-order valence-electron chi connectivity index (χ3n) is 7.86. The Morgan fingerprint density at radius 1 is 0.973 bits per heavy atom. The van der Waals surface area contributed by atoms with E-state index in [1.54, 1.807) is 12.1 Å². The van der Waals surface area contributed by atoms with Crippen LogP contribution in [0.2, 0.25) is 0 Å². The summed E-state index contributed by atoms with van der Waals surface area (Å²) in [7, 11) is 0. The lowest BCUT2D eigenvalue weighted by atomic mass is 9.78. The molecule has 37 heavy (non-hydrogen) atoms. The lowest BCUT2D eigenvalue weighted by Gasteiger charge is -2.26. The average molecular weight is 494 g/mol. The highest BCUT2D eigenvalue weighted by Gasteiger charge is 2.61. The summed E-state index contributed by atoms with van der Waals surface area (Å²) in [6.45, 7) is 9.76. The largest absolute Gasteiger partial charge is 0.494 e. The summed E-state index contributed by atoms with van der Waals surface area (Å²) in [6, 6.07) is 18.5. The zero-order valence-corrected chi connectivity index (χ0v) is 20.1. The Labute approximate surface area is 212 Å². The van der Waals surface area contributed by atoms with Gasteiger partial charge in [-0.3, -0.25) is 4.57 Å².